The minimum absolute atomic E-state index is 0.0915. The highest BCUT2D eigenvalue weighted by Crippen LogP contribution is 2.25. The van der Waals surface area contributed by atoms with Crippen molar-refractivity contribution in [1.29, 1.82) is 0 Å². The Hall–Kier alpha value is -3.06. The average Bonchev–Trinajstić information content (AvgIpc) is 2.88. The molecule has 0 spiro atoms. The minimum Gasteiger partial charge on any atom is -0.287 e. The van der Waals surface area contributed by atoms with Gasteiger partial charge in [-0.2, -0.15) is 0 Å². The first-order chi connectivity index (χ1) is 11.6. The van der Waals surface area contributed by atoms with Gasteiger partial charge in [-0.15, -0.1) is 0 Å². The van der Waals surface area contributed by atoms with Gasteiger partial charge in [-0.05, 0) is 24.3 Å². The molecule has 1 fully saturated rings. The van der Waals surface area contributed by atoms with Gasteiger partial charge in [0, 0.05) is 5.56 Å². The molecule has 0 aromatic heterocycles. The number of nitrogens with zero attached hydrogens (tertiary/aromatic N) is 1. The molecule has 3 amide bonds. The molecule has 122 valence electrons. The number of halogens is 1. The Morgan fingerprint density at radius 2 is 1.71 bits per heavy atom. The number of hydrazine groups is 1. The zero-order valence-electron chi connectivity index (χ0n) is 12.5. The lowest BCUT2D eigenvalue weighted by molar-refractivity contribution is -0.121. The normalized spacial score (nSPS) is 17.2. The van der Waals surface area contributed by atoms with E-state index in [4.69, 9.17) is 0 Å². The van der Waals surface area contributed by atoms with Crippen LogP contribution in [-0.4, -0.2) is 23.8 Å². The number of carbonyl (C=O) groups excluding carboxylic acids is 3. The van der Waals surface area contributed by atoms with E-state index in [9.17, 15) is 18.8 Å². The summed E-state index contributed by atoms with van der Waals surface area (Å²) >= 11 is 0. The van der Waals surface area contributed by atoms with Gasteiger partial charge in [-0.25, -0.2) is 14.7 Å². The number of nitrogens with one attached hydrogen (secondary N) is 2. The zero-order chi connectivity index (χ0) is 17.1. The summed E-state index contributed by atoms with van der Waals surface area (Å²) < 4.78 is 13.8. The van der Waals surface area contributed by atoms with Gasteiger partial charge in [0.05, 0.1) is 12.1 Å². The number of amides is 3. The number of carbonyl (C=O) groups is 3. The molecule has 2 aromatic rings. The molecule has 1 aliphatic heterocycles. The third kappa shape index (κ3) is 3.02. The highest BCUT2D eigenvalue weighted by Gasteiger charge is 2.40. The summed E-state index contributed by atoms with van der Waals surface area (Å²) in [6.07, 6.45) is -0.164. The summed E-state index contributed by atoms with van der Waals surface area (Å²) in [5.41, 5.74) is 5.26. The quantitative estimate of drug-likeness (QED) is 0.657. The molecule has 1 heterocycles. The molecule has 0 aliphatic carbocycles. The number of hydrogen-bond acceptors (Lipinski definition) is 4. The van der Waals surface area contributed by atoms with E-state index >= 15 is 0 Å². The van der Waals surface area contributed by atoms with Gasteiger partial charge in [0.2, 0.25) is 5.91 Å². The van der Waals surface area contributed by atoms with Crippen molar-refractivity contribution < 1.29 is 18.8 Å². The highest BCUT2D eigenvalue weighted by molar-refractivity contribution is 6.22. The number of rotatable bonds is 4. The average molecular weight is 327 g/mol. The lowest BCUT2D eigenvalue weighted by Gasteiger charge is -2.16. The van der Waals surface area contributed by atoms with Crippen molar-refractivity contribution in [3.63, 3.8) is 0 Å². The van der Waals surface area contributed by atoms with Gasteiger partial charge in [0.25, 0.3) is 11.8 Å². The van der Waals surface area contributed by atoms with Crippen LogP contribution >= 0.6 is 0 Å². The van der Waals surface area contributed by atoms with E-state index in [1.165, 1.54) is 24.3 Å². The fraction of sp³-hybridized carbons (Fsp3) is 0.118. The van der Waals surface area contributed by atoms with Gasteiger partial charge in [-0.3, -0.25) is 19.8 Å². The first-order valence-corrected chi connectivity index (χ1v) is 7.30. The van der Waals surface area contributed by atoms with Crippen LogP contribution in [0, 0.1) is 5.82 Å². The van der Waals surface area contributed by atoms with Gasteiger partial charge < -0.3 is 0 Å². The largest absolute Gasteiger partial charge is 0.287 e. The Morgan fingerprint density at radius 1 is 1.04 bits per heavy atom. The van der Waals surface area contributed by atoms with Crippen molar-refractivity contribution in [3.8, 4) is 0 Å². The van der Waals surface area contributed by atoms with E-state index in [1.54, 1.807) is 30.3 Å². The molecule has 2 aromatic carbocycles. The number of imide groups is 1. The van der Waals surface area contributed by atoms with E-state index in [-0.39, 0.29) is 12.1 Å². The molecule has 2 N–H and O–H groups in total. The van der Waals surface area contributed by atoms with Crippen LogP contribution in [0.25, 0.3) is 0 Å². The van der Waals surface area contributed by atoms with E-state index in [0.717, 1.165) is 4.90 Å². The van der Waals surface area contributed by atoms with E-state index in [1.807, 2.05) is 0 Å². The molecule has 0 radical (unpaired) electrons. The van der Waals surface area contributed by atoms with Crippen molar-refractivity contribution in [1.82, 2.24) is 10.9 Å². The molecule has 3 rings (SSSR count). The summed E-state index contributed by atoms with van der Waals surface area (Å²) in [6.45, 7) is 0. The Balaban J connectivity index is 1.69. The van der Waals surface area contributed by atoms with Gasteiger partial charge in [0.15, 0.2) is 0 Å². The molecule has 6 nitrogen and oxygen atoms in total. The smallest absolute Gasteiger partial charge is 0.265 e. The maximum Gasteiger partial charge on any atom is 0.265 e. The van der Waals surface area contributed by atoms with Crippen molar-refractivity contribution >= 4 is 23.4 Å². The second-order valence-electron chi connectivity index (χ2n) is 5.24. The number of hydrogen-bond donors (Lipinski definition) is 2. The molecule has 1 aliphatic rings. The molecular weight excluding hydrogens is 313 g/mol. The van der Waals surface area contributed by atoms with Crippen molar-refractivity contribution in [3.05, 3.63) is 66.0 Å². The van der Waals surface area contributed by atoms with E-state index in [0.29, 0.717) is 5.56 Å². The monoisotopic (exact) mass is 327 g/mol. The maximum atomic E-state index is 13.8. The lowest BCUT2D eigenvalue weighted by atomic mass is 10.2. The minimum atomic E-state index is -0.940. The first kappa shape index (κ1) is 15.8. The standard InChI is InChI=1S/C17H14FN3O3/c18-12-8-4-5-9-14(12)21-15(22)10-13(17(21)24)19-20-16(23)11-6-2-1-3-7-11/h1-9,13,19H,10H2,(H,20,23). The van der Waals surface area contributed by atoms with Crippen LogP contribution in [-0.2, 0) is 9.59 Å². The maximum absolute atomic E-state index is 13.8. The van der Waals surface area contributed by atoms with Crippen LogP contribution in [0.1, 0.15) is 16.8 Å². The third-order valence-electron chi connectivity index (χ3n) is 3.64. The van der Waals surface area contributed by atoms with Crippen LogP contribution in [0.2, 0.25) is 0 Å². The van der Waals surface area contributed by atoms with Crippen LogP contribution in [0.5, 0.6) is 0 Å². The van der Waals surface area contributed by atoms with Crippen LogP contribution in [0.15, 0.2) is 54.6 Å². The number of para-hydroxylation sites is 1. The summed E-state index contributed by atoms with van der Waals surface area (Å²) in [5, 5.41) is 0. The van der Waals surface area contributed by atoms with Gasteiger partial charge in [-0.1, -0.05) is 30.3 Å². The van der Waals surface area contributed by atoms with Crippen LogP contribution in [0.3, 0.4) is 0 Å². The van der Waals surface area contributed by atoms with Gasteiger partial charge in [0.1, 0.15) is 11.9 Å². The molecule has 7 heteroatoms. The molecule has 1 atom stereocenters. The van der Waals surface area contributed by atoms with Crippen LogP contribution in [0.4, 0.5) is 10.1 Å². The van der Waals surface area contributed by atoms with E-state index in [2.05, 4.69) is 10.9 Å². The Kier molecular flexibility index (Phi) is 4.35. The molecule has 1 unspecified atom stereocenters. The second-order valence-corrected chi connectivity index (χ2v) is 5.24. The summed E-state index contributed by atoms with van der Waals surface area (Å²) in [6, 6.07) is 13.0. The van der Waals surface area contributed by atoms with E-state index < -0.39 is 29.6 Å². The Labute approximate surface area is 137 Å². The topological polar surface area (TPSA) is 78.5 Å². The fourth-order valence-corrected chi connectivity index (χ4v) is 2.45. The Morgan fingerprint density at radius 3 is 2.42 bits per heavy atom. The fourth-order valence-electron chi connectivity index (χ4n) is 2.45. The summed E-state index contributed by atoms with van der Waals surface area (Å²) in [7, 11) is 0. The van der Waals surface area contributed by atoms with Crippen molar-refractivity contribution in [2.45, 2.75) is 12.5 Å². The van der Waals surface area contributed by atoms with Gasteiger partial charge >= 0.3 is 0 Å². The second kappa shape index (κ2) is 6.59. The highest BCUT2D eigenvalue weighted by atomic mass is 19.1. The molecular formula is C17H14FN3O3. The SMILES string of the molecule is O=C(NNC1CC(=O)N(c2ccccc2F)C1=O)c1ccccc1. The van der Waals surface area contributed by atoms with Crippen LogP contribution < -0.4 is 15.8 Å². The Bertz CT molecular complexity index is 795. The first-order valence-electron chi connectivity index (χ1n) is 7.30. The molecule has 0 bridgehead atoms. The summed E-state index contributed by atoms with van der Waals surface area (Å²) in [4.78, 5) is 37.1. The molecule has 24 heavy (non-hydrogen) atoms. The summed E-state index contributed by atoms with van der Waals surface area (Å²) in [5.74, 6) is -2.23. The predicted octanol–water partition coefficient (Wildman–Crippen LogP) is 1.39. The predicted molar refractivity (Wildman–Crippen MR) is 84.3 cm³/mol. The number of anilines is 1. The molecule has 0 saturated carbocycles. The van der Waals surface area contributed by atoms with Crippen molar-refractivity contribution in [2.75, 3.05) is 4.90 Å². The zero-order valence-corrected chi connectivity index (χ0v) is 12.5. The lowest BCUT2D eigenvalue weighted by Crippen LogP contribution is -2.48. The molecule has 1 saturated heterocycles. The third-order valence-corrected chi connectivity index (χ3v) is 3.64. The number of benzene rings is 2. The van der Waals surface area contributed by atoms with Crippen molar-refractivity contribution in [2.24, 2.45) is 0 Å².